The predicted molar refractivity (Wildman–Crippen MR) is 99.0 cm³/mol. The van der Waals surface area contributed by atoms with Crippen molar-refractivity contribution in [3.8, 4) is 11.5 Å². The number of hydrogen-bond donors (Lipinski definition) is 0. The smallest absolute Gasteiger partial charge is 0.331 e. The van der Waals surface area contributed by atoms with Gasteiger partial charge in [0.05, 0.1) is 12.9 Å². The summed E-state index contributed by atoms with van der Waals surface area (Å²) >= 11 is 0. The van der Waals surface area contributed by atoms with Gasteiger partial charge in [-0.1, -0.05) is 24.3 Å². The third-order valence-corrected chi connectivity index (χ3v) is 4.02. The lowest BCUT2D eigenvalue weighted by Crippen LogP contribution is -2.26. The number of carbonyl (C=O) groups excluding carboxylic acids is 1. The number of furan rings is 1. The third kappa shape index (κ3) is 3.15. The number of para-hydroxylation sites is 3. The molecule has 7 heteroatoms. The first-order chi connectivity index (χ1) is 13.2. The van der Waals surface area contributed by atoms with Gasteiger partial charge in [0.2, 0.25) is 5.58 Å². The molecule has 0 bridgehead atoms. The van der Waals surface area contributed by atoms with Crippen molar-refractivity contribution in [1.29, 1.82) is 0 Å². The van der Waals surface area contributed by atoms with Gasteiger partial charge in [-0.2, -0.15) is 0 Å². The van der Waals surface area contributed by atoms with Crippen molar-refractivity contribution < 1.29 is 18.7 Å². The van der Waals surface area contributed by atoms with Gasteiger partial charge in [0, 0.05) is 5.39 Å². The minimum absolute atomic E-state index is 0.112. The largest absolute Gasteiger partial charge is 0.490 e. The summed E-state index contributed by atoms with van der Waals surface area (Å²) in [7, 11) is 0. The van der Waals surface area contributed by atoms with E-state index in [4.69, 9.17) is 13.9 Å². The van der Waals surface area contributed by atoms with Gasteiger partial charge >= 0.3 is 5.97 Å². The van der Waals surface area contributed by atoms with Crippen LogP contribution in [0.25, 0.3) is 22.1 Å². The highest BCUT2D eigenvalue weighted by Gasteiger charge is 2.16. The fourth-order valence-electron chi connectivity index (χ4n) is 2.83. The van der Waals surface area contributed by atoms with E-state index in [0.717, 1.165) is 9.95 Å². The van der Waals surface area contributed by atoms with Gasteiger partial charge in [-0.05, 0) is 31.2 Å². The van der Waals surface area contributed by atoms with Crippen molar-refractivity contribution in [1.82, 2.24) is 9.55 Å². The van der Waals surface area contributed by atoms with Crippen LogP contribution < -0.4 is 15.0 Å². The van der Waals surface area contributed by atoms with Gasteiger partial charge in [-0.3, -0.25) is 9.36 Å². The molecule has 136 valence electrons. The molecule has 0 amide bonds. The molecule has 0 radical (unpaired) electrons. The standard InChI is InChI=1S/C20H16N2O5/c1-2-25-15-9-5-6-10-16(15)26-17(23)11-22-12-21-18-13-7-3-4-8-14(13)27-19(18)20(22)24/h3-10,12H,2,11H2,1H3. The van der Waals surface area contributed by atoms with Crippen molar-refractivity contribution in [2.45, 2.75) is 13.5 Å². The fourth-order valence-corrected chi connectivity index (χ4v) is 2.83. The van der Waals surface area contributed by atoms with Crippen LogP contribution in [0.2, 0.25) is 0 Å². The second kappa shape index (κ2) is 6.95. The lowest BCUT2D eigenvalue weighted by molar-refractivity contribution is -0.135. The van der Waals surface area contributed by atoms with E-state index in [1.165, 1.54) is 6.33 Å². The van der Waals surface area contributed by atoms with E-state index >= 15 is 0 Å². The Morgan fingerprint density at radius 3 is 2.67 bits per heavy atom. The van der Waals surface area contributed by atoms with E-state index in [0.29, 0.717) is 29.2 Å². The molecule has 0 N–H and O–H groups in total. The molecule has 4 aromatic rings. The highest BCUT2D eigenvalue weighted by atomic mass is 16.6. The Morgan fingerprint density at radius 1 is 1.11 bits per heavy atom. The van der Waals surface area contributed by atoms with Crippen LogP contribution in [0.5, 0.6) is 11.5 Å². The molecule has 0 unspecified atom stereocenters. The number of aromatic nitrogens is 2. The van der Waals surface area contributed by atoms with Gasteiger partial charge < -0.3 is 13.9 Å². The van der Waals surface area contributed by atoms with Gasteiger partial charge in [-0.15, -0.1) is 0 Å². The quantitative estimate of drug-likeness (QED) is 0.400. The average Bonchev–Trinajstić information content (AvgIpc) is 3.05. The summed E-state index contributed by atoms with van der Waals surface area (Å²) in [5.74, 6) is 0.156. The van der Waals surface area contributed by atoms with Gasteiger partial charge in [0.1, 0.15) is 17.6 Å². The van der Waals surface area contributed by atoms with Crippen molar-refractivity contribution in [2.75, 3.05) is 6.61 Å². The number of hydrogen-bond acceptors (Lipinski definition) is 6. The topological polar surface area (TPSA) is 83.6 Å². The Labute approximate surface area is 153 Å². The summed E-state index contributed by atoms with van der Waals surface area (Å²) < 4.78 is 17.5. The summed E-state index contributed by atoms with van der Waals surface area (Å²) in [5, 5.41) is 0.755. The van der Waals surface area contributed by atoms with Crippen LogP contribution in [-0.4, -0.2) is 22.1 Å². The highest BCUT2D eigenvalue weighted by molar-refractivity contribution is 6.01. The monoisotopic (exact) mass is 364 g/mol. The van der Waals surface area contributed by atoms with Crippen molar-refractivity contribution in [3.05, 3.63) is 65.2 Å². The molecule has 7 nitrogen and oxygen atoms in total. The van der Waals surface area contributed by atoms with E-state index in [1.54, 1.807) is 30.3 Å². The highest BCUT2D eigenvalue weighted by Crippen LogP contribution is 2.27. The summed E-state index contributed by atoms with van der Waals surface area (Å²) in [5.41, 5.74) is 0.720. The predicted octanol–water partition coefficient (Wildman–Crippen LogP) is 3.15. The number of nitrogens with zero attached hydrogens (tertiary/aromatic N) is 2. The number of fused-ring (bicyclic) bond motifs is 3. The van der Waals surface area contributed by atoms with E-state index < -0.39 is 11.5 Å². The molecule has 0 aliphatic heterocycles. The van der Waals surface area contributed by atoms with Crippen LogP contribution >= 0.6 is 0 Å². The number of ether oxygens (including phenoxy) is 2. The van der Waals surface area contributed by atoms with E-state index in [-0.39, 0.29) is 12.1 Å². The maximum atomic E-state index is 12.7. The number of carbonyl (C=O) groups is 1. The maximum Gasteiger partial charge on any atom is 0.331 e. The zero-order valence-corrected chi connectivity index (χ0v) is 14.5. The molecule has 0 saturated carbocycles. The molecule has 27 heavy (non-hydrogen) atoms. The van der Waals surface area contributed by atoms with Crippen LogP contribution in [0.3, 0.4) is 0 Å². The van der Waals surface area contributed by atoms with Crippen molar-refractivity contribution in [2.24, 2.45) is 0 Å². The van der Waals surface area contributed by atoms with Crippen LogP contribution in [0.4, 0.5) is 0 Å². The SMILES string of the molecule is CCOc1ccccc1OC(=O)Cn1cnc2c(oc3ccccc32)c1=O. The third-order valence-electron chi connectivity index (χ3n) is 4.02. The zero-order valence-electron chi connectivity index (χ0n) is 14.5. The fraction of sp³-hybridized carbons (Fsp3) is 0.150. The molecule has 2 heterocycles. The zero-order chi connectivity index (χ0) is 18.8. The molecule has 0 fully saturated rings. The van der Waals surface area contributed by atoms with Gasteiger partial charge in [0.25, 0.3) is 5.56 Å². The van der Waals surface area contributed by atoms with Gasteiger partial charge in [-0.25, -0.2) is 9.78 Å². The normalized spacial score (nSPS) is 11.0. The van der Waals surface area contributed by atoms with Crippen molar-refractivity contribution >= 4 is 28.0 Å². The molecular formula is C20H16N2O5. The summed E-state index contributed by atoms with van der Waals surface area (Å²) in [6.45, 7) is 1.99. The molecular weight excluding hydrogens is 348 g/mol. The summed E-state index contributed by atoms with van der Waals surface area (Å²) in [6.07, 6.45) is 1.32. The van der Waals surface area contributed by atoms with Gasteiger partial charge in [0.15, 0.2) is 11.5 Å². The maximum absolute atomic E-state index is 12.7. The Bertz CT molecular complexity index is 1190. The second-order valence-electron chi connectivity index (χ2n) is 5.81. The second-order valence-corrected chi connectivity index (χ2v) is 5.81. The molecule has 0 atom stereocenters. The lowest BCUT2D eigenvalue weighted by Gasteiger charge is -2.10. The van der Waals surface area contributed by atoms with E-state index in [2.05, 4.69) is 4.98 Å². The van der Waals surface area contributed by atoms with Crippen LogP contribution in [0.1, 0.15) is 6.92 Å². The van der Waals surface area contributed by atoms with Crippen LogP contribution in [0, 0.1) is 0 Å². The molecule has 0 saturated heterocycles. The Morgan fingerprint density at radius 2 is 1.85 bits per heavy atom. The number of benzene rings is 2. The molecule has 2 aromatic carbocycles. The Kier molecular flexibility index (Phi) is 4.33. The first-order valence-corrected chi connectivity index (χ1v) is 8.46. The molecule has 2 aromatic heterocycles. The summed E-state index contributed by atoms with van der Waals surface area (Å²) in [6, 6.07) is 14.1. The molecule has 0 spiro atoms. The average molecular weight is 364 g/mol. The first-order valence-electron chi connectivity index (χ1n) is 8.46. The van der Waals surface area contributed by atoms with E-state index in [1.807, 2.05) is 25.1 Å². The van der Waals surface area contributed by atoms with Crippen LogP contribution in [-0.2, 0) is 11.3 Å². The first kappa shape index (κ1) is 16.8. The molecule has 0 aliphatic carbocycles. The minimum atomic E-state index is -0.610. The number of rotatable bonds is 5. The number of esters is 1. The summed E-state index contributed by atoms with van der Waals surface area (Å²) in [4.78, 5) is 29.2. The molecule has 4 rings (SSSR count). The van der Waals surface area contributed by atoms with E-state index in [9.17, 15) is 9.59 Å². The Balaban J connectivity index is 1.62. The lowest BCUT2D eigenvalue weighted by atomic mass is 10.2. The molecule has 0 aliphatic rings. The Hall–Kier alpha value is -3.61. The van der Waals surface area contributed by atoms with Crippen molar-refractivity contribution in [3.63, 3.8) is 0 Å². The van der Waals surface area contributed by atoms with Crippen LogP contribution in [0.15, 0.2) is 64.1 Å². The minimum Gasteiger partial charge on any atom is -0.490 e.